The first-order valence-corrected chi connectivity index (χ1v) is 10.6. The summed E-state index contributed by atoms with van der Waals surface area (Å²) in [5.41, 5.74) is 0. The van der Waals surface area contributed by atoms with Crippen LogP contribution in [0.2, 0.25) is 18.1 Å². The lowest BCUT2D eigenvalue weighted by molar-refractivity contribution is -0.144. The maximum atomic E-state index is 11.1. The number of carbonyl (C=O) groups excluding carboxylic acids is 1. The van der Waals surface area contributed by atoms with E-state index < -0.39 is 8.32 Å². The number of ether oxygens (including phenoxy) is 1. The third-order valence-corrected chi connectivity index (χ3v) is 8.84. The molecule has 0 aromatic rings. The molecule has 0 aromatic heterocycles. The molecule has 1 aliphatic rings. The molecule has 0 saturated heterocycles. The van der Waals surface area contributed by atoms with E-state index in [2.05, 4.69) is 39.9 Å². The van der Waals surface area contributed by atoms with Gasteiger partial charge in [0.25, 0.3) is 0 Å². The Morgan fingerprint density at radius 3 is 2.10 bits per heavy atom. The van der Waals surface area contributed by atoms with Gasteiger partial charge in [-0.25, -0.2) is 0 Å². The fourth-order valence-corrected chi connectivity index (χ4v) is 3.40. The number of rotatable bonds is 3. The van der Waals surface area contributed by atoms with Crippen molar-refractivity contribution in [2.24, 2.45) is 0 Å². The molecule has 0 N–H and O–H groups in total. The van der Waals surface area contributed by atoms with E-state index in [4.69, 9.17) is 9.16 Å². The lowest BCUT2D eigenvalue weighted by atomic mass is 10.0. The highest BCUT2D eigenvalue weighted by atomic mass is 28.4. The second-order valence-electron chi connectivity index (χ2n) is 7.23. The number of hydrogen-bond acceptors (Lipinski definition) is 3. The Morgan fingerprint density at radius 1 is 1.10 bits per heavy atom. The first-order chi connectivity index (χ1) is 9.12. The zero-order valence-electron chi connectivity index (χ0n) is 13.9. The fourth-order valence-electron chi connectivity index (χ4n) is 2.10. The predicted molar refractivity (Wildman–Crippen MR) is 85.2 cm³/mol. The second kappa shape index (κ2) is 6.90. The van der Waals surface area contributed by atoms with Gasteiger partial charge in [-0.15, -0.1) is 0 Å². The molecule has 1 rings (SSSR count). The molecule has 20 heavy (non-hydrogen) atoms. The molecule has 0 bridgehead atoms. The van der Waals surface area contributed by atoms with Crippen molar-refractivity contribution < 1.29 is 14.0 Å². The Hall–Kier alpha value is -0.613. The van der Waals surface area contributed by atoms with Crippen LogP contribution < -0.4 is 0 Å². The minimum absolute atomic E-state index is 0.0849. The van der Waals surface area contributed by atoms with Crippen molar-refractivity contribution in [3.05, 3.63) is 12.2 Å². The summed E-state index contributed by atoms with van der Waals surface area (Å²) in [4.78, 5) is 11.1. The first kappa shape index (κ1) is 17.4. The number of hydrogen-bond donors (Lipinski definition) is 0. The Bertz CT molecular complexity index is 355. The van der Waals surface area contributed by atoms with Crippen LogP contribution in [0.3, 0.4) is 0 Å². The van der Waals surface area contributed by atoms with E-state index in [9.17, 15) is 4.79 Å². The fraction of sp³-hybridized carbons (Fsp3) is 0.812. The van der Waals surface area contributed by atoms with Gasteiger partial charge in [-0.1, -0.05) is 33.3 Å². The minimum atomic E-state index is -1.74. The van der Waals surface area contributed by atoms with Crippen LogP contribution in [0, 0.1) is 0 Å². The molecule has 0 radical (unpaired) electrons. The van der Waals surface area contributed by atoms with Crippen LogP contribution in [0.15, 0.2) is 12.2 Å². The molecule has 1 aliphatic carbocycles. The van der Waals surface area contributed by atoms with Crippen molar-refractivity contribution in [2.45, 2.75) is 83.7 Å². The maximum absolute atomic E-state index is 11.1. The zero-order chi connectivity index (χ0) is 15.4. The molecule has 3 nitrogen and oxygen atoms in total. The van der Waals surface area contributed by atoms with Crippen molar-refractivity contribution in [1.82, 2.24) is 0 Å². The van der Waals surface area contributed by atoms with Gasteiger partial charge in [-0.2, -0.15) is 0 Å². The molecule has 0 heterocycles. The van der Waals surface area contributed by atoms with E-state index in [1.807, 2.05) is 6.08 Å². The predicted octanol–water partition coefficient (Wildman–Crippen LogP) is 4.44. The van der Waals surface area contributed by atoms with E-state index in [-0.39, 0.29) is 23.2 Å². The average Bonchev–Trinajstić information content (AvgIpc) is 2.24. The van der Waals surface area contributed by atoms with E-state index in [0.29, 0.717) is 0 Å². The summed E-state index contributed by atoms with van der Waals surface area (Å²) in [6.07, 6.45) is 8.39. The van der Waals surface area contributed by atoms with E-state index in [1.165, 1.54) is 6.92 Å². The monoisotopic (exact) mass is 298 g/mol. The van der Waals surface area contributed by atoms with Crippen LogP contribution in [0.5, 0.6) is 0 Å². The van der Waals surface area contributed by atoms with E-state index in [1.54, 1.807) is 0 Å². The summed E-state index contributed by atoms with van der Waals surface area (Å²) in [6, 6.07) is 0. The Labute approximate surface area is 124 Å². The van der Waals surface area contributed by atoms with Crippen LogP contribution in [0.1, 0.15) is 53.4 Å². The van der Waals surface area contributed by atoms with Gasteiger partial charge in [-0.05, 0) is 43.5 Å². The van der Waals surface area contributed by atoms with Crippen molar-refractivity contribution in [3.63, 3.8) is 0 Å². The van der Waals surface area contributed by atoms with Crippen LogP contribution in [-0.2, 0) is 14.0 Å². The molecule has 0 aliphatic heterocycles. The first-order valence-electron chi connectivity index (χ1n) is 7.65. The summed E-state index contributed by atoms with van der Waals surface area (Å²) >= 11 is 0. The van der Waals surface area contributed by atoms with Gasteiger partial charge < -0.3 is 9.16 Å². The Kier molecular flexibility index (Phi) is 6.01. The van der Waals surface area contributed by atoms with Crippen molar-refractivity contribution in [2.75, 3.05) is 0 Å². The molecule has 2 unspecified atom stereocenters. The molecule has 0 amide bonds. The van der Waals surface area contributed by atoms with Crippen LogP contribution in [0.4, 0.5) is 0 Å². The molecular weight excluding hydrogens is 268 g/mol. The summed E-state index contributed by atoms with van der Waals surface area (Å²) < 4.78 is 11.7. The van der Waals surface area contributed by atoms with Crippen molar-refractivity contribution in [3.8, 4) is 0 Å². The van der Waals surface area contributed by atoms with Gasteiger partial charge >= 0.3 is 5.97 Å². The van der Waals surface area contributed by atoms with Gasteiger partial charge in [0, 0.05) is 6.92 Å². The molecule has 0 fully saturated rings. The number of esters is 1. The largest absolute Gasteiger partial charge is 0.458 e. The van der Waals surface area contributed by atoms with Crippen molar-refractivity contribution in [1.29, 1.82) is 0 Å². The van der Waals surface area contributed by atoms with E-state index in [0.717, 1.165) is 25.7 Å². The summed E-state index contributed by atoms with van der Waals surface area (Å²) in [5, 5.41) is 0.221. The van der Waals surface area contributed by atoms with Gasteiger partial charge in [0.1, 0.15) is 6.10 Å². The summed E-state index contributed by atoms with van der Waals surface area (Å²) in [5.74, 6) is -0.206. The highest BCUT2D eigenvalue weighted by Gasteiger charge is 2.38. The topological polar surface area (TPSA) is 35.5 Å². The van der Waals surface area contributed by atoms with Crippen LogP contribution in [-0.4, -0.2) is 26.5 Å². The molecular formula is C16H30O3Si. The van der Waals surface area contributed by atoms with Crippen LogP contribution in [0.25, 0.3) is 0 Å². The lowest BCUT2D eigenvalue weighted by Crippen LogP contribution is -2.43. The molecule has 2 atom stereocenters. The average molecular weight is 298 g/mol. The number of carbonyl (C=O) groups is 1. The normalized spacial score (nSPS) is 24.9. The standard InChI is InChI=1S/C16H30O3Si/c1-13(17)18-14-9-7-8-10-15(12-11-14)19-20(5,6)16(2,3)4/h11-12,14-15H,7-10H2,1-6H3. The highest BCUT2D eigenvalue weighted by molar-refractivity contribution is 6.74. The third kappa shape index (κ3) is 5.41. The lowest BCUT2D eigenvalue weighted by Gasteiger charge is -2.39. The van der Waals surface area contributed by atoms with E-state index >= 15 is 0 Å². The smallest absolute Gasteiger partial charge is 0.303 e. The summed E-state index contributed by atoms with van der Waals surface area (Å²) in [6.45, 7) is 12.8. The SMILES string of the molecule is CC(=O)OC1C=CC(O[Si](C)(C)C(C)(C)C)CCCC1. The second-order valence-corrected chi connectivity index (χ2v) is 12.0. The Balaban J connectivity index is 2.70. The molecule has 0 aromatic carbocycles. The quantitative estimate of drug-likeness (QED) is 0.439. The molecule has 116 valence electrons. The maximum Gasteiger partial charge on any atom is 0.303 e. The Morgan fingerprint density at radius 2 is 1.60 bits per heavy atom. The molecule has 0 spiro atoms. The molecule has 0 saturated carbocycles. The molecule has 4 heteroatoms. The third-order valence-electron chi connectivity index (χ3n) is 4.34. The van der Waals surface area contributed by atoms with Gasteiger partial charge in [0.2, 0.25) is 0 Å². The van der Waals surface area contributed by atoms with Crippen LogP contribution >= 0.6 is 0 Å². The highest BCUT2D eigenvalue weighted by Crippen LogP contribution is 2.38. The summed E-state index contributed by atoms with van der Waals surface area (Å²) in [7, 11) is -1.74. The van der Waals surface area contributed by atoms with Gasteiger partial charge in [0.05, 0.1) is 6.10 Å². The minimum Gasteiger partial charge on any atom is -0.458 e. The van der Waals surface area contributed by atoms with Crippen molar-refractivity contribution >= 4 is 14.3 Å². The zero-order valence-corrected chi connectivity index (χ0v) is 14.9. The van der Waals surface area contributed by atoms with Gasteiger partial charge in [0.15, 0.2) is 8.32 Å². The van der Waals surface area contributed by atoms with Gasteiger partial charge in [-0.3, -0.25) is 4.79 Å².